The highest BCUT2D eigenvalue weighted by Crippen LogP contribution is 2.21. The zero-order valence-corrected chi connectivity index (χ0v) is 20.1. The summed E-state index contributed by atoms with van der Waals surface area (Å²) in [6.45, 7) is 0.366. The average molecular weight is 512 g/mol. The summed E-state index contributed by atoms with van der Waals surface area (Å²) in [5.41, 5.74) is 7.75. The number of nitrogen functional groups attached to an aromatic ring is 1. The van der Waals surface area contributed by atoms with E-state index in [1.54, 1.807) is 22.8 Å². The molecular formula is C27H19ClFN7O. The molecule has 0 atom stereocenters. The fourth-order valence-electron chi connectivity index (χ4n) is 3.77. The van der Waals surface area contributed by atoms with Gasteiger partial charge in [-0.25, -0.2) is 24.3 Å². The van der Waals surface area contributed by atoms with Crippen molar-refractivity contribution >= 4 is 34.1 Å². The molecule has 0 spiro atoms. The Kier molecular flexibility index (Phi) is 6.74. The number of hydrogen-bond acceptors (Lipinski definition) is 7. The number of halogens is 2. The molecule has 0 aliphatic carbocycles. The molecule has 3 N–H and O–H groups in total. The maximum atomic E-state index is 13.5. The molecule has 2 aromatic carbocycles. The topological polar surface area (TPSA) is 112 Å². The standard InChI is InChI=1S/C27H19ClFN7O/c28-21-7-4-8-22-24(21)27(37)36(19-5-2-1-3-6-19)23(35-22)13-14-31-26-20(25(30)33-16-34-26)12-11-18-10-9-17(29)15-32-18/h1-10,15-16H,13-14H2,(H3,30,31,33,34). The van der Waals surface area contributed by atoms with E-state index in [0.717, 1.165) is 6.20 Å². The van der Waals surface area contributed by atoms with Crippen LogP contribution in [0.2, 0.25) is 5.02 Å². The lowest BCUT2D eigenvalue weighted by molar-refractivity contribution is 0.621. The van der Waals surface area contributed by atoms with Crippen LogP contribution >= 0.6 is 11.6 Å². The molecule has 37 heavy (non-hydrogen) atoms. The number of nitrogens with zero attached hydrogens (tertiary/aromatic N) is 5. The third-order valence-corrected chi connectivity index (χ3v) is 5.81. The zero-order chi connectivity index (χ0) is 25.8. The summed E-state index contributed by atoms with van der Waals surface area (Å²) in [5.74, 6) is 6.45. The molecular weight excluding hydrogens is 493 g/mol. The Labute approximate surface area is 216 Å². The minimum absolute atomic E-state index is 0.187. The number of para-hydroxylation sites is 1. The van der Waals surface area contributed by atoms with E-state index in [0.29, 0.717) is 57.5 Å². The van der Waals surface area contributed by atoms with Crippen LogP contribution in [0.25, 0.3) is 16.6 Å². The fraction of sp³-hybridized carbons (Fsp3) is 0.0741. The van der Waals surface area contributed by atoms with Crippen LogP contribution in [0, 0.1) is 17.7 Å². The van der Waals surface area contributed by atoms with Gasteiger partial charge >= 0.3 is 0 Å². The van der Waals surface area contributed by atoms with Crippen LogP contribution in [0.5, 0.6) is 0 Å². The SMILES string of the molecule is Nc1ncnc(NCCc2nc3cccc(Cl)c3c(=O)n2-c2ccccc2)c1C#Cc1ccc(F)cn1. The highest BCUT2D eigenvalue weighted by molar-refractivity contribution is 6.35. The molecule has 0 fully saturated rings. The van der Waals surface area contributed by atoms with Gasteiger partial charge in [0.25, 0.3) is 5.56 Å². The van der Waals surface area contributed by atoms with Crippen molar-refractivity contribution in [3.05, 3.63) is 111 Å². The molecule has 0 aliphatic rings. The molecule has 10 heteroatoms. The first-order chi connectivity index (χ1) is 18.0. The predicted octanol–water partition coefficient (Wildman–Crippen LogP) is 4.00. The molecule has 0 saturated carbocycles. The van der Waals surface area contributed by atoms with Crippen molar-refractivity contribution in [2.24, 2.45) is 0 Å². The predicted molar refractivity (Wildman–Crippen MR) is 141 cm³/mol. The molecule has 0 unspecified atom stereocenters. The van der Waals surface area contributed by atoms with Gasteiger partial charge in [0.05, 0.1) is 27.8 Å². The van der Waals surface area contributed by atoms with Crippen LogP contribution in [0.1, 0.15) is 17.1 Å². The monoisotopic (exact) mass is 511 g/mol. The number of rotatable bonds is 5. The van der Waals surface area contributed by atoms with E-state index in [-0.39, 0.29) is 11.4 Å². The number of aromatic nitrogens is 5. The summed E-state index contributed by atoms with van der Waals surface area (Å²) in [4.78, 5) is 30.4. The Morgan fingerprint density at radius 3 is 2.62 bits per heavy atom. The number of nitrogens with two attached hydrogens (primary N) is 1. The molecule has 3 heterocycles. The van der Waals surface area contributed by atoms with Crippen molar-refractivity contribution in [1.29, 1.82) is 0 Å². The quantitative estimate of drug-likeness (QED) is 0.343. The van der Waals surface area contributed by atoms with Crippen LogP contribution in [0.15, 0.2) is 78.0 Å². The number of nitrogens with one attached hydrogen (secondary N) is 1. The maximum Gasteiger partial charge on any atom is 0.267 e. The molecule has 5 rings (SSSR count). The van der Waals surface area contributed by atoms with Crippen molar-refractivity contribution in [3.63, 3.8) is 0 Å². The Morgan fingerprint density at radius 2 is 1.84 bits per heavy atom. The highest BCUT2D eigenvalue weighted by Gasteiger charge is 2.15. The largest absolute Gasteiger partial charge is 0.382 e. The molecule has 0 aliphatic heterocycles. The first kappa shape index (κ1) is 23.9. The Hall–Kier alpha value is -4.81. The summed E-state index contributed by atoms with van der Waals surface area (Å²) in [6.07, 6.45) is 2.79. The molecule has 182 valence electrons. The molecule has 3 aromatic heterocycles. The van der Waals surface area contributed by atoms with E-state index in [2.05, 4.69) is 32.1 Å². The lowest BCUT2D eigenvalue weighted by atomic mass is 10.2. The molecule has 8 nitrogen and oxygen atoms in total. The summed E-state index contributed by atoms with van der Waals surface area (Å²) >= 11 is 6.34. The van der Waals surface area contributed by atoms with Gasteiger partial charge in [-0.15, -0.1) is 0 Å². The molecule has 5 aromatic rings. The Balaban J connectivity index is 1.46. The van der Waals surface area contributed by atoms with Crippen LogP contribution in [-0.4, -0.2) is 31.0 Å². The van der Waals surface area contributed by atoms with E-state index in [9.17, 15) is 9.18 Å². The average Bonchev–Trinajstić information content (AvgIpc) is 2.90. The van der Waals surface area contributed by atoms with Crippen LogP contribution in [0.4, 0.5) is 16.0 Å². The Bertz CT molecular complexity index is 1710. The van der Waals surface area contributed by atoms with Gasteiger partial charge in [-0.1, -0.05) is 41.8 Å². The van der Waals surface area contributed by atoms with Crippen LogP contribution < -0.4 is 16.6 Å². The number of fused-ring (bicyclic) bond motifs is 1. The number of benzene rings is 2. The van der Waals surface area contributed by atoms with E-state index in [1.807, 2.05) is 30.3 Å². The lowest BCUT2D eigenvalue weighted by Crippen LogP contribution is -2.25. The minimum Gasteiger partial charge on any atom is -0.382 e. The third kappa shape index (κ3) is 5.10. The van der Waals surface area contributed by atoms with Gasteiger partial charge in [0, 0.05) is 13.0 Å². The van der Waals surface area contributed by atoms with Gasteiger partial charge in [0.2, 0.25) is 0 Å². The first-order valence-electron chi connectivity index (χ1n) is 11.2. The molecule has 0 amide bonds. The van der Waals surface area contributed by atoms with E-state index in [4.69, 9.17) is 22.3 Å². The van der Waals surface area contributed by atoms with Gasteiger partial charge in [-0.3, -0.25) is 9.36 Å². The van der Waals surface area contributed by atoms with Crippen molar-refractivity contribution in [3.8, 4) is 17.5 Å². The molecule has 0 radical (unpaired) electrons. The highest BCUT2D eigenvalue weighted by atomic mass is 35.5. The van der Waals surface area contributed by atoms with Crippen molar-refractivity contribution in [2.45, 2.75) is 6.42 Å². The summed E-state index contributed by atoms with van der Waals surface area (Å²) in [7, 11) is 0. The number of anilines is 2. The maximum absolute atomic E-state index is 13.5. The van der Waals surface area contributed by atoms with Crippen LogP contribution in [-0.2, 0) is 6.42 Å². The third-order valence-electron chi connectivity index (χ3n) is 5.49. The van der Waals surface area contributed by atoms with Crippen LogP contribution in [0.3, 0.4) is 0 Å². The second kappa shape index (κ2) is 10.4. The summed E-state index contributed by atoms with van der Waals surface area (Å²) in [5, 5.41) is 3.92. The lowest BCUT2D eigenvalue weighted by Gasteiger charge is -2.15. The van der Waals surface area contributed by atoms with Gasteiger partial charge in [0.1, 0.15) is 40.9 Å². The second-order valence-electron chi connectivity index (χ2n) is 7.91. The van der Waals surface area contributed by atoms with E-state index >= 15 is 0 Å². The smallest absolute Gasteiger partial charge is 0.267 e. The van der Waals surface area contributed by atoms with Gasteiger partial charge in [-0.05, 0) is 42.3 Å². The summed E-state index contributed by atoms with van der Waals surface area (Å²) in [6, 6.07) is 17.2. The van der Waals surface area contributed by atoms with Gasteiger partial charge < -0.3 is 11.1 Å². The van der Waals surface area contributed by atoms with Crippen molar-refractivity contribution < 1.29 is 4.39 Å². The van der Waals surface area contributed by atoms with Gasteiger partial charge in [-0.2, -0.15) is 0 Å². The minimum atomic E-state index is -0.450. The molecule has 0 saturated heterocycles. The summed E-state index contributed by atoms with van der Waals surface area (Å²) < 4.78 is 14.7. The number of hydrogen-bond donors (Lipinski definition) is 2. The number of pyridine rings is 1. The first-order valence-corrected chi connectivity index (χ1v) is 11.6. The van der Waals surface area contributed by atoms with E-state index in [1.165, 1.54) is 18.5 Å². The molecule has 0 bridgehead atoms. The van der Waals surface area contributed by atoms with Crippen molar-refractivity contribution in [2.75, 3.05) is 17.6 Å². The van der Waals surface area contributed by atoms with Gasteiger partial charge in [0.15, 0.2) is 0 Å². The normalized spacial score (nSPS) is 10.6. The van der Waals surface area contributed by atoms with Crippen molar-refractivity contribution in [1.82, 2.24) is 24.5 Å². The second-order valence-corrected chi connectivity index (χ2v) is 8.32. The Morgan fingerprint density at radius 1 is 1.00 bits per heavy atom. The fourth-order valence-corrected chi connectivity index (χ4v) is 4.02. The zero-order valence-electron chi connectivity index (χ0n) is 19.3. The van der Waals surface area contributed by atoms with E-state index < -0.39 is 5.82 Å².